The molecule has 6 rings (SSSR count). The second kappa shape index (κ2) is 7.51. The number of nitrogens with one attached hydrogen (secondary N) is 2. The molecule has 4 aliphatic carbocycles. The third kappa shape index (κ3) is 3.67. The van der Waals surface area contributed by atoms with E-state index >= 15 is 0 Å². The number of nitrogens with zero attached hydrogens (tertiary/aromatic N) is 1. The van der Waals surface area contributed by atoms with Crippen molar-refractivity contribution in [1.29, 1.82) is 0 Å². The Bertz CT molecular complexity index is 880. The van der Waals surface area contributed by atoms with Gasteiger partial charge >= 0.3 is 0 Å². The molecule has 0 unspecified atom stereocenters. The largest absolute Gasteiger partial charge is 0.355 e. The Morgan fingerprint density at radius 3 is 2.38 bits per heavy atom. The molecule has 0 saturated heterocycles. The molecule has 1 aromatic heterocycles. The van der Waals surface area contributed by atoms with Gasteiger partial charge in [0.25, 0.3) is 0 Å². The van der Waals surface area contributed by atoms with Crippen molar-refractivity contribution in [2.45, 2.75) is 51.5 Å². The van der Waals surface area contributed by atoms with Gasteiger partial charge in [-0.3, -0.25) is 9.59 Å². The monoisotopic (exact) mass is 393 g/mol. The van der Waals surface area contributed by atoms with Gasteiger partial charge in [-0.15, -0.1) is 0 Å². The van der Waals surface area contributed by atoms with Crippen molar-refractivity contribution in [2.75, 3.05) is 13.1 Å². The summed E-state index contributed by atoms with van der Waals surface area (Å²) in [5.41, 5.74) is 1.05. The number of amides is 2. The van der Waals surface area contributed by atoms with Crippen molar-refractivity contribution in [1.82, 2.24) is 15.2 Å². The highest BCUT2D eigenvalue weighted by Gasteiger charge is 2.54. The highest BCUT2D eigenvalue weighted by Crippen LogP contribution is 2.60. The number of hydrogen-bond donors (Lipinski definition) is 2. The van der Waals surface area contributed by atoms with E-state index in [0.29, 0.717) is 6.54 Å². The molecule has 2 N–H and O–H groups in total. The standard InChI is InChI=1S/C24H31N3O2/c28-22(25-7-3-8-27-9-6-20-4-1-2-5-21(20)27)16-26-23(29)24-13-17-10-18(14-24)12-19(11-17)15-24/h1-2,4-6,9,17-19H,3,7-8,10-16H2,(H,25,28)(H,26,29). The lowest BCUT2D eigenvalue weighted by Crippen LogP contribution is -2.54. The summed E-state index contributed by atoms with van der Waals surface area (Å²) in [6, 6.07) is 10.4. The summed E-state index contributed by atoms with van der Waals surface area (Å²) in [5.74, 6) is 2.27. The van der Waals surface area contributed by atoms with Crippen molar-refractivity contribution in [3.8, 4) is 0 Å². The molecule has 4 bridgehead atoms. The van der Waals surface area contributed by atoms with Crippen LogP contribution in [-0.2, 0) is 16.1 Å². The van der Waals surface area contributed by atoms with Crippen molar-refractivity contribution >= 4 is 22.7 Å². The van der Waals surface area contributed by atoms with Gasteiger partial charge in [0.05, 0.1) is 6.54 Å². The number of carbonyl (C=O) groups excluding carboxylic acids is 2. The Morgan fingerprint density at radius 1 is 0.966 bits per heavy atom. The number of benzene rings is 1. The van der Waals surface area contributed by atoms with Gasteiger partial charge in [0.15, 0.2) is 0 Å². The predicted octanol–water partition coefficient (Wildman–Crippen LogP) is 3.48. The fourth-order valence-corrected chi connectivity index (χ4v) is 6.61. The van der Waals surface area contributed by atoms with Crippen LogP contribution in [0.1, 0.15) is 44.9 Å². The SMILES string of the molecule is O=C(CNC(=O)C12CC3CC(CC(C3)C1)C2)NCCCn1ccc2ccccc21. The molecular weight excluding hydrogens is 362 g/mol. The summed E-state index contributed by atoms with van der Waals surface area (Å²) in [6.45, 7) is 1.60. The molecule has 2 aromatic rings. The molecule has 0 atom stereocenters. The van der Waals surface area contributed by atoms with E-state index in [1.54, 1.807) is 0 Å². The van der Waals surface area contributed by atoms with E-state index < -0.39 is 0 Å². The summed E-state index contributed by atoms with van der Waals surface area (Å²) in [6.07, 6.45) is 10.1. The number of rotatable bonds is 7. The van der Waals surface area contributed by atoms with Gasteiger partial charge < -0.3 is 15.2 Å². The first-order chi connectivity index (χ1) is 14.1. The third-order valence-electron chi connectivity index (χ3n) is 7.51. The fourth-order valence-electron chi connectivity index (χ4n) is 6.61. The number of aromatic nitrogens is 1. The Labute approximate surface area is 172 Å². The zero-order valence-corrected chi connectivity index (χ0v) is 17.0. The van der Waals surface area contributed by atoms with Crippen LogP contribution in [0.15, 0.2) is 36.5 Å². The van der Waals surface area contributed by atoms with E-state index in [2.05, 4.69) is 39.6 Å². The average molecular weight is 394 g/mol. The first-order valence-electron chi connectivity index (χ1n) is 11.2. The zero-order chi connectivity index (χ0) is 19.8. The van der Waals surface area contributed by atoms with E-state index in [1.165, 1.54) is 30.2 Å². The quantitative estimate of drug-likeness (QED) is 0.708. The number of aryl methyl sites for hydroxylation is 1. The van der Waals surface area contributed by atoms with E-state index in [0.717, 1.165) is 50.0 Å². The van der Waals surface area contributed by atoms with E-state index in [9.17, 15) is 9.59 Å². The van der Waals surface area contributed by atoms with Gasteiger partial charge in [-0.25, -0.2) is 0 Å². The van der Waals surface area contributed by atoms with Crippen LogP contribution in [0.25, 0.3) is 10.9 Å². The molecule has 29 heavy (non-hydrogen) atoms. The fraction of sp³-hybridized carbons (Fsp3) is 0.583. The van der Waals surface area contributed by atoms with Crippen LogP contribution >= 0.6 is 0 Å². The Morgan fingerprint density at radius 2 is 1.66 bits per heavy atom. The van der Waals surface area contributed by atoms with E-state index in [4.69, 9.17) is 0 Å². The van der Waals surface area contributed by atoms with Crippen molar-refractivity contribution in [3.63, 3.8) is 0 Å². The van der Waals surface area contributed by atoms with Crippen molar-refractivity contribution in [2.24, 2.45) is 23.2 Å². The van der Waals surface area contributed by atoms with Crippen molar-refractivity contribution < 1.29 is 9.59 Å². The molecule has 4 fully saturated rings. The second-order valence-electron chi connectivity index (χ2n) is 9.65. The number of para-hydroxylation sites is 1. The minimum absolute atomic E-state index is 0.0829. The smallest absolute Gasteiger partial charge is 0.239 e. The molecule has 1 aromatic carbocycles. The third-order valence-corrected chi connectivity index (χ3v) is 7.51. The molecule has 0 aliphatic heterocycles. The first kappa shape index (κ1) is 18.7. The highest BCUT2D eigenvalue weighted by molar-refractivity contribution is 5.88. The number of fused-ring (bicyclic) bond motifs is 1. The highest BCUT2D eigenvalue weighted by atomic mass is 16.2. The molecule has 4 saturated carbocycles. The molecule has 0 spiro atoms. The van der Waals surface area contributed by atoms with E-state index in [-0.39, 0.29) is 23.8 Å². The molecule has 0 radical (unpaired) electrons. The van der Waals surface area contributed by atoms with E-state index in [1.807, 2.05) is 12.1 Å². The van der Waals surface area contributed by atoms with Crippen LogP contribution in [-0.4, -0.2) is 29.5 Å². The van der Waals surface area contributed by atoms with Crippen LogP contribution < -0.4 is 10.6 Å². The Kier molecular flexibility index (Phi) is 4.84. The zero-order valence-electron chi connectivity index (χ0n) is 17.0. The van der Waals surface area contributed by atoms with Crippen molar-refractivity contribution in [3.05, 3.63) is 36.5 Å². The van der Waals surface area contributed by atoms with Crippen LogP contribution in [0.3, 0.4) is 0 Å². The maximum Gasteiger partial charge on any atom is 0.239 e. The number of carbonyl (C=O) groups is 2. The Hall–Kier alpha value is -2.30. The van der Waals surface area contributed by atoms with Gasteiger partial charge in [0, 0.05) is 30.2 Å². The minimum Gasteiger partial charge on any atom is -0.355 e. The molecule has 4 aliphatic rings. The summed E-state index contributed by atoms with van der Waals surface area (Å²) in [4.78, 5) is 25.1. The second-order valence-corrected chi connectivity index (χ2v) is 9.65. The van der Waals surface area contributed by atoms with Crippen LogP contribution in [0.5, 0.6) is 0 Å². The van der Waals surface area contributed by atoms with Crippen LogP contribution in [0.2, 0.25) is 0 Å². The van der Waals surface area contributed by atoms with Gasteiger partial charge in [-0.2, -0.15) is 0 Å². The van der Waals surface area contributed by atoms with Gasteiger partial charge in [-0.05, 0) is 80.2 Å². The summed E-state index contributed by atoms with van der Waals surface area (Å²) < 4.78 is 2.22. The molecule has 154 valence electrons. The topological polar surface area (TPSA) is 63.1 Å². The lowest BCUT2D eigenvalue weighted by atomic mass is 9.49. The maximum atomic E-state index is 12.9. The summed E-state index contributed by atoms with van der Waals surface area (Å²) in [5, 5.41) is 7.16. The van der Waals surface area contributed by atoms with Gasteiger partial charge in [-0.1, -0.05) is 18.2 Å². The van der Waals surface area contributed by atoms with Crippen LogP contribution in [0, 0.1) is 23.2 Å². The van der Waals surface area contributed by atoms with Crippen LogP contribution in [0.4, 0.5) is 0 Å². The average Bonchev–Trinajstić information content (AvgIpc) is 3.11. The molecular formula is C24H31N3O2. The maximum absolute atomic E-state index is 12.9. The Balaban J connectivity index is 1.06. The molecule has 5 nitrogen and oxygen atoms in total. The molecule has 5 heteroatoms. The normalized spacial score (nSPS) is 29.9. The summed E-state index contributed by atoms with van der Waals surface area (Å²) in [7, 11) is 0. The van der Waals surface area contributed by atoms with Gasteiger partial charge in [0.2, 0.25) is 11.8 Å². The first-order valence-corrected chi connectivity index (χ1v) is 11.2. The molecule has 2 amide bonds. The number of hydrogen-bond acceptors (Lipinski definition) is 2. The predicted molar refractivity (Wildman–Crippen MR) is 113 cm³/mol. The molecule has 1 heterocycles. The lowest BCUT2D eigenvalue weighted by molar-refractivity contribution is -0.147. The lowest BCUT2D eigenvalue weighted by Gasteiger charge is -2.55. The minimum atomic E-state index is -0.176. The van der Waals surface area contributed by atoms with Gasteiger partial charge in [0.1, 0.15) is 0 Å². The summed E-state index contributed by atoms with van der Waals surface area (Å²) >= 11 is 0.